The average molecular weight is 274 g/mol. The molecule has 2 aromatic rings. The molecule has 6 nitrogen and oxygen atoms in total. The van der Waals surface area contributed by atoms with Gasteiger partial charge >= 0.3 is 11.8 Å². The second-order valence-electron chi connectivity index (χ2n) is 2.81. The second kappa shape index (κ2) is 3.65. The molecule has 2 aromatic heterocycles. The van der Waals surface area contributed by atoms with E-state index in [-0.39, 0.29) is 11.6 Å². The molecule has 7 heteroatoms. The standard InChI is InChI=1S/C8H8BrN3O3/c1-3-14-6(13)5-4(2)12-8(15-5)10-7(9)11-12/h3H2,1-2H3. The summed E-state index contributed by atoms with van der Waals surface area (Å²) in [6.07, 6.45) is 0. The van der Waals surface area contributed by atoms with Gasteiger partial charge in [-0.2, -0.15) is 9.50 Å². The summed E-state index contributed by atoms with van der Waals surface area (Å²) >= 11 is 3.11. The number of carbonyl (C=O) groups excluding carboxylic acids is 1. The van der Waals surface area contributed by atoms with Crippen molar-refractivity contribution in [2.75, 3.05) is 6.61 Å². The molecular formula is C8H8BrN3O3. The number of halogens is 1. The number of esters is 1. The maximum atomic E-state index is 11.4. The average Bonchev–Trinajstić information content (AvgIpc) is 2.66. The van der Waals surface area contributed by atoms with Gasteiger partial charge in [-0.25, -0.2) is 4.79 Å². The number of rotatable bonds is 2. The van der Waals surface area contributed by atoms with E-state index in [1.54, 1.807) is 13.8 Å². The van der Waals surface area contributed by atoms with Gasteiger partial charge in [0, 0.05) is 0 Å². The van der Waals surface area contributed by atoms with Crippen LogP contribution >= 0.6 is 15.9 Å². The summed E-state index contributed by atoms with van der Waals surface area (Å²) in [5.41, 5.74) is 0.571. The Balaban J connectivity index is 2.49. The molecule has 0 bridgehead atoms. The van der Waals surface area contributed by atoms with Crippen LogP contribution in [0, 0.1) is 6.92 Å². The highest BCUT2D eigenvalue weighted by atomic mass is 79.9. The van der Waals surface area contributed by atoms with Crippen molar-refractivity contribution < 1.29 is 13.9 Å². The van der Waals surface area contributed by atoms with Gasteiger partial charge in [-0.15, -0.1) is 5.10 Å². The molecule has 0 N–H and O–H groups in total. The first-order valence-corrected chi connectivity index (χ1v) is 5.11. The number of oxazole rings is 1. The van der Waals surface area contributed by atoms with E-state index >= 15 is 0 Å². The van der Waals surface area contributed by atoms with Gasteiger partial charge in [0.1, 0.15) is 0 Å². The van der Waals surface area contributed by atoms with Crippen LogP contribution in [0.25, 0.3) is 5.84 Å². The van der Waals surface area contributed by atoms with E-state index in [1.165, 1.54) is 4.52 Å². The minimum absolute atomic E-state index is 0.138. The number of ether oxygens (including phenoxy) is 1. The van der Waals surface area contributed by atoms with Gasteiger partial charge in [0.05, 0.1) is 12.3 Å². The van der Waals surface area contributed by atoms with Crippen molar-refractivity contribution in [2.45, 2.75) is 13.8 Å². The Hall–Kier alpha value is -1.37. The molecule has 0 aliphatic heterocycles. The number of hydrogen-bond donors (Lipinski definition) is 0. The fraction of sp³-hybridized carbons (Fsp3) is 0.375. The molecule has 0 spiro atoms. The van der Waals surface area contributed by atoms with E-state index in [0.717, 1.165) is 0 Å². The van der Waals surface area contributed by atoms with Gasteiger partial charge in [-0.1, -0.05) is 0 Å². The van der Waals surface area contributed by atoms with Gasteiger partial charge in [0.25, 0.3) is 0 Å². The van der Waals surface area contributed by atoms with Crippen molar-refractivity contribution in [1.29, 1.82) is 0 Å². The minimum atomic E-state index is -0.501. The topological polar surface area (TPSA) is 69.6 Å². The fourth-order valence-electron chi connectivity index (χ4n) is 1.21. The van der Waals surface area contributed by atoms with Gasteiger partial charge in [-0.05, 0) is 29.8 Å². The molecule has 0 saturated carbocycles. The molecule has 0 aliphatic rings. The summed E-state index contributed by atoms with van der Waals surface area (Å²) in [7, 11) is 0. The normalized spacial score (nSPS) is 10.9. The summed E-state index contributed by atoms with van der Waals surface area (Å²) in [6.45, 7) is 3.75. The zero-order valence-electron chi connectivity index (χ0n) is 8.15. The van der Waals surface area contributed by atoms with Crippen LogP contribution in [0.1, 0.15) is 23.2 Å². The first-order valence-electron chi connectivity index (χ1n) is 4.32. The molecule has 0 aromatic carbocycles. The zero-order chi connectivity index (χ0) is 11.0. The molecule has 0 aliphatic carbocycles. The Bertz CT molecular complexity index is 516. The van der Waals surface area contributed by atoms with E-state index in [2.05, 4.69) is 26.0 Å². The van der Waals surface area contributed by atoms with Crippen LogP contribution in [0.2, 0.25) is 0 Å². The Morgan fingerprint density at radius 3 is 3.00 bits per heavy atom. The fourth-order valence-corrected chi connectivity index (χ4v) is 1.52. The van der Waals surface area contributed by atoms with Gasteiger partial charge < -0.3 is 9.15 Å². The number of aryl methyl sites for hydroxylation is 1. The number of nitrogens with zero attached hydrogens (tertiary/aromatic N) is 3. The lowest BCUT2D eigenvalue weighted by molar-refractivity contribution is 0.0491. The molecule has 15 heavy (non-hydrogen) atoms. The highest BCUT2D eigenvalue weighted by molar-refractivity contribution is 9.10. The quantitative estimate of drug-likeness (QED) is 0.777. The highest BCUT2D eigenvalue weighted by Gasteiger charge is 2.21. The largest absolute Gasteiger partial charge is 0.460 e. The van der Waals surface area contributed by atoms with Crippen molar-refractivity contribution in [3.63, 3.8) is 0 Å². The third kappa shape index (κ3) is 1.63. The predicted molar refractivity (Wildman–Crippen MR) is 53.6 cm³/mol. The van der Waals surface area contributed by atoms with E-state index in [4.69, 9.17) is 9.15 Å². The monoisotopic (exact) mass is 273 g/mol. The lowest BCUT2D eigenvalue weighted by Crippen LogP contribution is -2.05. The van der Waals surface area contributed by atoms with Crippen molar-refractivity contribution in [3.05, 3.63) is 16.2 Å². The van der Waals surface area contributed by atoms with E-state index in [9.17, 15) is 4.79 Å². The summed E-state index contributed by atoms with van der Waals surface area (Å²) in [6, 6.07) is 0. The molecule has 0 atom stereocenters. The van der Waals surface area contributed by atoms with E-state index in [0.29, 0.717) is 17.0 Å². The van der Waals surface area contributed by atoms with Crippen LogP contribution in [-0.2, 0) is 4.74 Å². The molecule has 80 valence electrons. The Labute approximate surface area is 93.4 Å². The molecule has 0 unspecified atom stereocenters. The van der Waals surface area contributed by atoms with Crippen LogP contribution in [0.15, 0.2) is 9.15 Å². The number of carbonyl (C=O) groups is 1. The first kappa shape index (κ1) is 10.2. The van der Waals surface area contributed by atoms with E-state index < -0.39 is 5.97 Å². The first-order chi connectivity index (χ1) is 7.13. The smallest absolute Gasteiger partial charge is 0.376 e. The Morgan fingerprint density at radius 2 is 2.40 bits per heavy atom. The van der Waals surface area contributed by atoms with Crippen molar-refractivity contribution in [1.82, 2.24) is 14.6 Å². The number of fused-ring (bicyclic) bond motifs is 1. The van der Waals surface area contributed by atoms with Crippen molar-refractivity contribution in [2.24, 2.45) is 0 Å². The zero-order valence-corrected chi connectivity index (χ0v) is 9.74. The van der Waals surface area contributed by atoms with Crippen LogP contribution in [0.3, 0.4) is 0 Å². The SMILES string of the molecule is CCOC(=O)c1oc2nc(Br)nn2c1C. The Morgan fingerprint density at radius 1 is 1.67 bits per heavy atom. The third-order valence-corrected chi connectivity index (χ3v) is 2.19. The second-order valence-corrected chi connectivity index (χ2v) is 3.52. The molecule has 2 rings (SSSR count). The maximum Gasteiger partial charge on any atom is 0.376 e. The minimum Gasteiger partial charge on any atom is -0.460 e. The molecule has 0 amide bonds. The molecule has 0 radical (unpaired) electrons. The highest BCUT2D eigenvalue weighted by Crippen LogP contribution is 2.17. The molecule has 0 fully saturated rings. The summed E-state index contributed by atoms with van der Waals surface area (Å²) in [4.78, 5) is 15.4. The van der Waals surface area contributed by atoms with Gasteiger partial charge in [-0.3, -0.25) is 0 Å². The third-order valence-electron chi connectivity index (χ3n) is 1.85. The van der Waals surface area contributed by atoms with Gasteiger partial charge in [0.15, 0.2) is 0 Å². The predicted octanol–water partition coefficient (Wildman–Crippen LogP) is 1.57. The van der Waals surface area contributed by atoms with Crippen LogP contribution in [-0.4, -0.2) is 27.2 Å². The summed E-state index contributed by atoms with van der Waals surface area (Å²) in [5.74, 6) is -0.0970. The lowest BCUT2D eigenvalue weighted by atomic mass is 10.4. The molecular weight excluding hydrogens is 266 g/mol. The molecule has 2 heterocycles. The van der Waals surface area contributed by atoms with Crippen molar-refractivity contribution >= 4 is 27.7 Å². The van der Waals surface area contributed by atoms with Crippen LogP contribution in [0.5, 0.6) is 0 Å². The number of aromatic nitrogens is 3. The van der Waals surface area contributed by atoms with Crippen molar-refractivity contribution in [3.8, 4) is 0 Å². The van der Waals surface area contributed by atoms with Gasteiger partial charge in [0.2, 0.25) is 10.5 Å². The lowest BCUT2D eigenvalue weighted by Gasteiger charge is -1.97. The maximum absolute atomic E-state index is 11.4. The molecule has 0 saturated heterocycles. The van der Waals surface area contributed by atoms with Crippen LogP contribution in [0.4, 0.5) is 0 Å². The van der Waals surface area contributed by atoms with Crippen LogP contribution < -0.4 is 0 Å². The number of hydrogen-bond acceptors (Lipinski definition) is 5. The summed E-state index contributed by atoms with van der Waals surface area (Å²) < 4.78 is 11.9. The Kier molecular flexibility index (Phi) is 2.47. The summed E-state index contributed by atoms with van der Waals surface area (Å²) in [5, 5.41) is 4.00. The van der Waals surface area contributed by atoms with E-state index in [1.807, 2.05) is 0 Å².